The molecule has 58 heavy (non-hydrogen) atoms. The zero-order valence-electron chi connectivity index (χ0n) is 31.1. The maximum atomic E-state index is 9.29. The average molecular weight is 738 g/mol. The number of nitriles is 1. The van der Waals surface area contributed by atoms with Crippen LogP contribution in [0.15, 0.2) is 188 Å². The van der Waals surface area contributed by atoms with Crippen LogP contribution in [0.1, 0.15) is 27.8 Å². The molecular weight excluding hydrogens is 707 g/mol. The van der Waals surface area contributed by atoms with E-state index in [-0.39, 0.29) is 0 Å². The van der Waals surface area contributed by atoms with Crippen LogP contribution in [0.4, 0.5) is 0 Å². The van der Waals surface area contributed by atoms with Gasteiger partial charge in [-0.2, -0.15) is 15.2 Å². The molecule has 10 aromatic rings. The van der Waals surface area contributed by atoms with Gasteiger partial charge in [-0.1, -0.05) is 164 Å². The summed E-state index contributed by atoms with van der Waals surface area (Å²) < 4.78 is 2.22. The van der Waals surface area contributed by atoms with Crippen molar-refractivity contribution in [1.82, 2.24) is 19.5 Å². The second-order valence-electron chi connectivity index (χ2n) is 15.0. The van der Waals surface area contributed by atoms with Gasteiger partial charge in [0.15, 0.2) is 11.6 Å². The Hall–Kier alpha value is -7.94. The van der Waals surface area contributed by atoms with Gasteiger partial charge in [-0.05, 0) is 79.9 Å². The van der Waals surface area contributed by atoms with E-state index < -0.39 is 5.41 Å². The van der Waals surface area contributed by atoms with Gasteiger partial charge in [0.05, 0.1) is 28.1 Å². The first-order valence-electron chi connectivity index (χ1n) is 19.5. The molecule has 0 saturated carbocycles. The van der Waals surface area contributed by atoms with Gasteiger partial charge in [-0.3, -0.25) is 4.57 Å². The van der Waals surface area contributed by atoms with Gasteiger partial charge in [0.25, 0.3) is 0 Å². The van der Waals surface area contributed by atoms with Gasteiger partial charge >= 0.3 is 0 Å². The third-order valence-corrected chi connectivity index (χ3v) is 12.1. The van der Waals surface area contributed by atoms with E-state index in [1.807, 2.05) is 54.6 Å². The predicted octanol–water partition coefficient (Wildman–Crippen LogP) is 12.2. The fraction of sp³-hybridized carbons (Fsp3) is 0.0189. The van der Waals surface area contributed by atoms with Crippen LogP contribution in [0.2, 0.25) is 0 Å². The first kappa shape index (κ1) is 32.3. The zero-order chi connectivity index (χ0) is 38.4. The second-order valence-corrected chi connectivity index (χ2v) is 15.0. The lowest BCUT2D eigenvalue weighted by Crippen LogP contribution is -2.25. The Balaban J connectivity index is 1.11. The lowest BCUT2D eigenvalue weighted by atomic mass is 9.70. The Labute approximate surface area is 334 Å². The largest absolute Gasteiger partial charge is 0.278 e. The van der Waals surface area contributed by atoms with Crippen LogP contribution in [-0.2, 0) is 5.41 Å². The zero-order valence-corrected chi connectivity index (χ0v) is 31.1. The standard InChI is InChI=1S/C53H31N5/c54-32-33-22-24-34(25-23-33)35-26-28-37(29-27-35)51-55-50(36-12-2-1-3-13-36)56-52(57-51)58-46-21-11-7-17-41(46)49-47(58)31-30-45-48(49)40-16-6-10-20-44(40)53(45)42-18-8-4-14-38(42)39-15-5-9-19-43(39)53/h1-31H. The Bertz CT molecular complexity index is 3290. The molecule has 0 saturated heterocycles. The van der Waals surface area contributed by atoms with Crippen LogP contribution in [0.3, 0.4) is 0 Å². The fourth-order valence-corrected chi connectivity index (χ4v) is 9.72. The minimum atomic E-state index is -0.443. The van der Waals surface area contributed by atoms with Crippen molar-refractivity contribution in [2.75, 3.05) is 0 Å². The quantitative estimate of drug-likeness (QED) is 0.180. The summed E-state index contributed by atoms with van der Waals surface area (Å²) in [4.78, 5) is 15.6. The van der Waals surface area contributed by atoms with Gasteiger partial charge in [-0.15, -0.1) is 0 Å². The highest BCUT2D eigenvalue weighted by Crippen LogP contribution is 2.64. The molecule has 0 atom stereocenters. The molecular formula is C53H31N5. The van der Waals surface area contributed by atoms with Crippen LogP contribution in [0.25, 0.3) is 83.9 Å². The van der Waals surface area contributed by atoms with E-state index in [4.69, 9.17) is 15.0 Å². The van der Waals surface area contributed by atoms with Crippen LogP contribution in [0.5, 0.6) is 0 Å². The number of aromatic nitrogens is 4. The smallest absolute Gasteiger partial charge is 0.238 e. The number of hydrogen-bond donors (Lipinski definition) is 0. The van der Waals surface area contributed by atoms with Crippen molar-refractivity contribution in [3.05, 3.63) is 216 Å². The third-order valence-electron chi connectivity index (χ3n) is 12.1. The molecule has 2 heterocycles. The minimum absolute atomic E-state index is 0.443. The lowest BCUT2D eigenvalue weighted by molar-refractivity contribution is 0.794. The molecule has 0 N–H and O–H groups in total. The lowest BCUT2D eigenvalue weighted by Gasteiger charge is -2.30. The van der Waals surface area contributed by atoms with Gasteiger partial charge in [-0.25, -0.2) is 4.98 Å². The van der Waals surface area contributed by atoms with Gasteiger partial charge < -0.3 is 0 Å². The van der Waals surface area contributed by atoms with Crippen molar-refractivity contribution in [3.63, 3.8) is 0 Å². The second kappa shape index (κ2) is 12.3. The van der Waals surface area contributed by atoms with E-state index in [1.165, 1.54) is 49.9 Å². The van der Waals surface area contributed by atoms with E-state index in [9.17, 15) is 5.26 Å². The van der Waals surface area contributed by atoms with E-state index in [2.05, 4.69) is 144 Å². The van der Waals surface area contributed by atoms with Crippen molar-refractivity contribution in [3.8, 4) is 68.2 Å². The number of benzene rings is 8. The summed E-state index contributed by atoms with van der Waals surface area (Å²) in [6.45, 7) is 0. The number of fused-ring (bicyclic) bond motifs is 14. The summed E-state index contributed by atoms with van der Waals surface area (Å²) in [5.41, 5.74) is 16.5. The summed E-state index contributed by atoms with van der Waals surface area (Å²) in [5, 5.41) is 11.6. The third kappa shape index (κ3) is 4.43. The molecule has 1 spiro atoms. The molecule has 0 unspecified atom stereocenters. The number of nitrogens with zero attached hydrogens (tertiary/aromatic N) is 5. The number of rotatable bonds is 4. The van der Waals surface area contributed by atoms with E-state index >= 15 is 0 Å². The van der Waals surface area contributed by atoms with E-state index in [0.29, 0.717) is 23.2 Å². The van der Waals surface area contributed by atoms with Crippen LogP contribution in [-0.4, -0.2) is 19.5 Å². The van der Waals surface area contributed by atoms with E-state index in [1.54, 1.807) is 0 Å². The monoisotopic (exact) mass is 737 g/mol. The van der Waals surface area contributed by atoms with Gasteiger partial charge in [0.1, 0.15) is 0 Å². The maximum Gasteiger partial charge on any atom is 0.238 e. The molecule has 0 bridgehead atoms. The Morgan fingerprint density at radius 3 is 1.59 bits per heavy atom. The molecule has 0 fully saturated rings. The van der Waals surface area contributed by atoms with Crippen LogP contribution >= 0.6 is 0 Å². The van der Waals surface area contributed by atoms with E-state index in [0.717, 1.165) is 38.7 Å². The number of para-hydroxylation sites is 1. The predicted molar refractivity (Wildman–Crippen MR) is 231 cm³/mol. The highest BCUT2D eigenvalue weighted by atomic mass is 15.2. The summed E-state index contributed by atoms with van der Waals surface area (Å²) in [6.07, 6.45) is 0. The maximum absolute atomic E-state index is 9.29. The summed E-state index contributed by atoms with van der Waals surface area (Å²) >= 11 is 0. The first-order chi connectivity index (χ1) is 28.7. The fourth-order valence-electron chi connectivity index (χ4n) is 9.72. The minimum Gasteiger partial charge on any atom is -0.278 e. The molecule has 0 radical (unpaired) electrons. The highest BCUT2D eigenvalue weighted by Gasteiger charge is 2.52. The molecule has 0 amide bonds. The van der Waals surface area contributed by atoms with Crippen molar-refractivity contribution in [1.29, 1.82) is 5.26 Å². The topological polar surface area (TPSA) is 67.4 Å². The SMILES string of the molecule is N#Cc1ccc(-c2ccc(-c3nc(-c4ccccc4)nc(-n4c5ccccc5c5c6c(ccc54)C4(c5ccccc5-c5ccccc54)c4ccccc4-6)n3)cc2)cc1. The van der Waals surface area contributed by atoms with Crippen molar-refractivity contribution in [2.24, 2.45) is 0 Å². The van der Waals surface area contributed by atoms with Crippen LogP contribution < -0.4 is 0 Å². The summed E-state index contributed by atoms with van der Waals surface area (Å²) in [7, 11) is 0. The number of hydrogen-bond acceptors (Lipinski definition) is 4. The first-order valence-corrected chi connectivity index (χ1v) is 19.5. The van der Waals surface area contributed by atoms with Crippen LogP contribution in [0, 0.1) is 11.3 Å². The molecule has 12 rings (SSSR count). The Morgan fingerprint density at radius 2 is 0.931 bits per heavy atom. The van der Waals surface area contributed by atoms with Crippen molar-refractivity contribution in [2.45, 2.75) is 5.41 Å². The Morgan fingerprint density at radius 1 is 0.414 bits per heavy atom. The molecule has 0 aliphatic heterocycles. The van der Waals surface area contributed by atoms with Crippen molar-refractivity contribution < 1.29 is 0 Å². The van der Waals surface area contributed by atoms with Gasteiger partial charge in [0.2, 0.25) is 5.95 Å². The molecule has 268 valence electrons. The molecule has 2 aliphatic rings. The average Bonchev–Trinajstić information content (AvgIpc) is 3.91. The molecule has 8 aromatic carbocycles. The van der Waals surface area contributed by atoms with Gasteiger partial charge in [0, 0.05) is 21.9 Å². The summed E-state index contributed by atoms with van der Waals surface area (Å²) in [5.74, 6) is 1.75. The van der Waals surface area contributed by atoms with Crippen molar-refractivity contribution >= 4 is 21.8 Å². The molecule has 2 aliphatic carbocycles. The Kier molecular flexibility index (Phi) is 6.84. The normalized spacial score (nSPS) is 12.9. The summed E-state index contributed by atoms with van der Waals surface area (Å²) in [6, 6.07) is 68.4. The molecule has 2 aromatic heterocycles. The highest BCUT2D eigenvalue weighted by molar-refractivity contribution is 6.18. The molecule has 5 nitrogen and oxygen atoms in total. The molecule has 5 heteroatoms.